The predicted octanol–water partition coefficient (Wildman–Crippen LogP) is 1.05. The molecule has 0 aromatic heterocycles. The molecule has 116 valence electrons. The van der Waals surface area contributed by atoms with Gasteiger partial charge in [0.15, 0.2) is 0 Å². The molecule has 1 fully saturated rings. The Kier molecular flexibility index (Phi) is 5.33. The topological polar surface area (TPSA) is 78.6 Å². The molecule has 4 N–H and O–H groups in total. The number of aliphatic hydroxyl groups is 1. The van der Waals surface area contributed by atoms with Gasteiger partial charge in [0.1, 0.15) is 0 Å². The van der Waals surface area contributed by atoms with Gasteiger partial charge in [-0.25, -0.2) is 5.84 Å². The number of likely N-dealkylation sites (tertiary alicyclic amines) is 1. The number of carbonyl (C=O) groups is 1. The molecule has 0 unspecified atom stereocenters. The Morgan fingerprint density at radius 3 is 2.52 bits per heavy atom. The first-order valence-corrected chi connectivity index (χ1v) is 7.55. The van der Waals surface area contributed by atoms with Crippen LogP contribution in [0.1, 0.15) is 36.8 Å². The molecule has 1 aliphatic heterocycles. The van der Waals surface area contributed by atoms with Crippen LogP contribution in [0.25, 0.3) is 0 Å². The zero-order valence-corrected chi connectivity index (χ0v) is 12.6. The lowest BCUT2D eigenvalue weighted by Crippen LogP contribution is -2.43. The first kappa shape index (κ1) is 15.9. The lowest BCUT2D eigenvalue weighted by Gasteiger charge is -2.38. The molecule has 1 saturated heterocycles. The van der Waals surface area contributed by atoms with Crippen molar-refractivity contribution in [1.29, 1.82) is 0 Å². The maximum Gasteiger partial charge on any atom is 0.233 e. The molecule has 1 aliphatic rings. The molecule has 5 heteroatoms. The minimum Gasteiger partial charge on any atom is -0.385 e. The van der Waals surface area contributed by atoms with E-state index in [-0.39, 0.29) is 5.91 Å². The molecule has 2 rings (SSSR count). The Morgan fingerprint density at radius 2 is 1.95 bits per heavy atom. The van der Waals surface area contributed by atoms with E-state index in [0.717, 1.165) is 44.5 Å². The lowest BCUT2D eigenvalue weighted by molar-refractivity contribution is -0.121. The fourth-order valence-corrected chi connectivity index (χ4v) is 2.83. The smallest absolute Gasteiger partial charge is 0.233 e. The van der Waals surface area contributed by atoms with Crippen LogP contribution in [0.3, 0.4) is 0 Å². The van der Waals surface area contributed by atoms with Crippen LogP contribution < -0.4 is 11.3 Å². The monoisotopic (exact) mass is 291 g/mol. The number of amides is 1. The average Bonchev–Trinajstić information content (AvgIpc) is 2.50. The van der Waals surface area contributed by atoms with Gasteiger partial charge in [-0.15, -0.1) is 0 Å². The average molecular weight is 291 g/mol. The van der Waals surface area contributed by atoms with Crippen LogP contribution in [0.5, 0.6) is 0 Å². The summed E-state index contributed by atoms with van der Waals surface area (Å²) in [6.45, 7) is 4.63. The number of nitrogens with two attached hydrogens (primary N) is 1. The molecule has 0 saturated carbocycles. The zero-order valence-electron chi connectivity index (χ0n) is 12.6. The first-order chi connectivity index (χ1) is 10.0. The summed E-state index contributed by atoms with van der Waals surface area (Å²) in [5.74, 6) is 4.93. The molecule has 1 aromatic carbocycles. The molecule has 1 amide bonds. The third-order valence-corrected chi connectivity index (χ3v) is 4.31. The summed E-state index contributed by atoms with van der Waals surface area (Å²) in [4.78, 5) is 13.4. The third-order valence-electron chi connectivity index (χ3n) is 4.31. The normalized spacial score (nSPS) is 18.4. The number of hydrogen-bond acceptors (Lipinski definition) is 4. The number of hydrazine groups is 1. The van der Waals surface area contributed by atoms with E-state index >= 15 is 0 Å². The molecule has 21 heavy (non-hydrogen) atoms. The second-order valence-corrected chi connectivity index (χ2v) is 5.91. The van der Waals surface area contributed by atoms with Gasteiger partial charge >= 0.3 is 0 Å². The predicted molar refractivity (Wildman–Crippen MR) is 82.3 cm³/mol. The van der Waals surface area contributed by atoms with Crippen molar-refractivity contribution in [2.75, 3.05) is 19.6 Å². The molecule has 0 radical (unpaired) electrons. The van der Waals surface area contributed by atoms with Crippen LogP contribution in [0.15, 0.2) is 24.3 Å². The molecule has 1 aromatic rings. The molecule has 0 aliphatic carbocycles. The van der Waals surface area contributed by atoms with Gasteiger partial charge in [-0.3, -0.25) is 10.2 Å². The van der Waals surface area contributed by atoms with Gasteiger partial charge in [0.05, 0.1) is 5.60 Å². The van der Waals surface area contributed by atoms with Crippen molar-refractivity contribution in [2.45, 2.75) is 38.2 Å². The number of rotatable bonds is 5. The number of aryl methyl sites for hydroxylation is 1. The number of carbonyl (C=O) groups excluding carboxylic acids is 1. The summed E-state index contributed by atoms with van der Waals surface area (Å²) < 4.78 is 0. The molecule has 0 spiro atoms. The van der Waals surface area contributed by atoms with Gasteiger partial charge in [-0.1, -0.05) is 29.8 Å². The van der Waals surface area contributed by atoms with Crippen molar-refractivity contribution >= 4 is 5.91 Å². The van der Waals surface area contributed by atoms with Gasteiger partial charge < -0.3 is 10.0 Å². The summed E-state index contributed by atoms with van der Waals surface area (Å²) in [5, 5.41) is 10.8. The van der Waals surface area contributed by atoms with Crippen molar-refractivity contribution in [2.24, 2.45) is 5.84 Å². The van der Waals surface area contributed by atoms with Crippen LogP contribution in [-0.4, -0.2) is 35.5 Å². The number of hydrogen-bond donors (Lipinski definition) is 3. The highest BCUT2D eigenvalue weighted by Gasteiger charge is 2.33. The minimum absolute atomic E-state index is 0.122. The van der Waals surface area contributed by atoms with Crippen molar-refractivity contribution in [3.05, 3.63) is 35.4 Å². The molecular weight excluding hydrogens is 266 g/mol. The van der Waals surface area contributed by atoms with Crippen LogP contribution in [-0.2, 0) is 10.4 Å². The first-order valence-electron chi connectivity index (χ1n) is 7.55. The molecule has 1 heterocycles. The molecule has 0 atom stereocenters. The Labute approximate surface area is 126 Å². The maximum absolute atomic E-state index is 11.1. The van der Waals surface area contributed by atoms with E-state index in [1.165, 1.54) is 5.56 Å². The second kappa shape index (κ2) is 7.02. The van der Waals surface area contributed by atoms with Gasteiger partial charge in [0, 0.05) is 19.5 Å². The lowest BCUT2D eigenvalue weighted by atomic mass is 9.84. The molecule has 5 nitrogen and oxygen atoms in total. The second-order valence-electron chi connectivity index (χ2n) is 5.91. The highest BCUT2D eigenvalue weighted by molar-refractivity contribution is 5.75. The fourth-order valence-electron chi connectivity index (χ4n) is 2.83. The van der Waals surface area contributed by atoms with Crippen molar-refractivity contribution in [3.8, 4) is 0 Å². The summed E-state index contributed by atoms with van der Waals surface area (Å²) in [6, 6.07) is 8.14. The van der Waals surface area contributed by atoms with Gasteiger partial charge in [0.25, 0.3) is 0 Å². The van der Waals surface area contributed by atoms with Crippen molar-refractivity contribution < 1.29 is 9.90 Å². The van der Waals surface area contributed by atoms with E-state index < -0.39 is 5.60 Å². The third kappa shape index (κ3) is 4.27. The van der Waals surface area contributed by atoms with E-state index in [4.69, 9.17) is 5.84 Å². The Hall–Kier alpha value is -1.43. The summed E-state index contributed by atoms with van der Waals surface area (Å²) in [6.07, 6.45) is 2.72. The Balaban J connectivity index is 1.82. The van der Waals surface area contributed by atoms with Gasteiger partial charge in [-0.05, 0) is 38.3 Å². The van der Waals surface area contributed by atoms with E-state index in [9.17, 15) is 9.90 Å². The highest BCUT2D eigenvalue weighted by atomic mass is 16.3. The highest BCUT2D eigenvalue weighted by Crippen LogP contribution is 2.32. The van der Waals surface area contributed by atoms with Gasteiger partial charge in [0.2, 0.25) is 5.91 Å². The summed E-state index contributed by atoms with van der Waals surface area (Å²) in [7, 11) is 0. The van der Waals surface area contributed by atoms with Crippen LogP contribution in [0.4, 0.5) is 0 Å². The Morgan fingerprint density at radius 1 is 1.33 bits per heavy atom. The number of nitrogens with zero attached hydrogens (tertiary/aromatic N) is 1. The van der Waals surface area contributed by atoms with E-state index in [2.05, 4.69) is 10.3 Å². The van der Waals surface area contributed by atoms with Gasteiger partial charge in [-0.2, -0.15) is 0 Å². The quantitative estimate of drug-likeness (QED) is 0.430. The standard InChI is InChI=1S/C16H25N3O2/c1-13-4-6-14(7-5-13)16(21)8-11-19(12-9-16)10-2-3-15(20)18-17/h4-7,21H,2-3,8-12,17H2,1H3,(H,18,20). The summed E-state index contributed by atoms with van der Waals surface area (Å²) >= 11 is 0. The van der Waals surface area contributed by atoms with E-state index in [0.29, 0.717) is 6.42 Å². The van der Waals surface area contributed by atoms with E-state index in [1.54, 1.807) is 0 Å². The zero-order chi connectivity index (χ0) is 15.3. The minimum atomic E-state index is -0.709. The summed E-state index contributed by atoms with van der Waals surface area (Å²) in [5.41, 5.74) is 3.65. The largest absolute Gasteiger partial charge is 0.385 e. The number of nitrogens with one attached hydrogen (secondary N) is 1. The Bertz CT molecular complexity index is 465. The number of piperidine rings is 1. The molecule has 0 bridgehead atoms. The van der Waals surface area contributed by atoms with Crippen LogP contribution in [0, 0.1) is 6.92 Å². The number of benzene rings is 1. The fraction of sp³-hybridized carbons (Fsp3) is 0.562. The van der Waals surface area contributed by atoms with Crippen molar-refractivity contribution in [3.63, 3.8) is 0 Å². The van der Waals surface area contributed by atoms with Crippen molar-refractivity contribution in [1.82, 2.24) is 10.3 Å². The maximum atomic E-state index is 11.1. The molecular formula is C16H25N3O2. The SMILES string of the molecule is Cc1ccc(C2(O)CCN(CCCC(=O)NN)CC2)cc1. The van der Waals surface area contributed by atoms with Crippen LogP contribution >= 0.6 is 0 Å². The van der Waals surface area contributed by atoms with E-state index in [1.807, 2.05) is 31.2 Å². The van der Waals surface area contributed by atoms with Crippen LogP contribution in [0.2, 0.25) is 0 Å².